The number of pyridine rings is 1. The molecule has 0 bridgehead atoms. The maximum absolute atomic E-state index is 14.4. The molecule has 0 aliphatic heterocycles. The molecule has 18 heavy (non-hydrogen) atoms. The van der Waals surface area contributed by atoms with E-state index in [2.05, 4.69) is 10.3 Å². The molecule has 4 heteroatoms. The number of nitrogens with one attached hydrogen (secondary N) is 1. The molecule has 1 N–H and O–H groups in total. The van der Waals surface area contributed by atoms with Gasteiger partial charge in [-0.05, 0) is 38.2 Å². The molecule has 3 nitrogen and oxygen atoms in total. The molecule has 0 amide bonds. The molecule has 1 aromatic rings. The highest BCUT2D eigenvalue weighted by atomic mass is 19.1. The zero-order chi connectivity index (χ0) is 12.5. The average molecular weight is 249 g/mol. The first-order valence-electron chi connectivity index (χ1n) is 6.85. The monoisotopic (exact) mass is 249 g/mol. The molecule has 0 atom stereocenters. The first-order chi connectivity index (χ1) is 8.75. The highest BCUT2D eigenvalue weighted by Crippen LogP contribution is 2.29. The molecule has 2 saturated carbocycles. The molecular weight excluding hydrogens is 229 g/mol. The normalized spacial score (nSPS) is 19.7. The van der Waals surface area contributed by atoms with Crippen molar-refractivity contribution in [2.24, 2.45) is 0 Å². The van der Waals surface area contributed by atoms with Crippen LogP contribution in [-0.4, -0.2) is 24.1 Å². The Bertz CT molecular complexity index is 427. The summed E-state index contributed by atoms with van der Waals surface area (Å²) < 4.78 is 14.4. The highest BCUT2D eigenvalue weighted by molar-refractivity contribution is 5.43. The van der Waals surface area contributed by atoms with Gasteiger partial charge in [-0.25, -0.2) is 9.37 Å². The van der Waals surface area contributed by atoms with Gasteiger partial charge in [-0.3, -0.25) is 0 Å². The predicted octanol–water partition coefficient (Wildman–Crippen LogP) is 2.46. The van der Waals surface area contributed by atoms with Gasteiger partial charge in [0.05, 0.1) is 0 Å². The van der Waals surface area contributed by atoms with Gasteiger partial charge in [0.2, 0.25) is 0 Å². The van der Waals surface area contributed by atoms with Crippen molar-refractivity contribution in [1.29, 1.82) is 0 Å². The van der Waals surface area contributed by atoms with Gasteiger partial charge in [0.1, 0.15) is 0 Å². The highest BCUT2D eigenvalue weighted by Gasteiger charge is 2.26. The van der Waals surface area contributed by atoms with Crippen LogP contribution >= 0.6 is 0 Å². The summed E-state index contributed by atoms with van der Waals surface area (Å²) in [5.74, 6) is 0.356. The Kier molecular flexibility index (Phi) is 3.20. The van der Waals surface area contributed by atoms with Crippen LogP contribution in [0.3, 0.4) is 0 Å². The van der Waals surface area contributed by atoms with Gasteiger partial charge >= 0.3 is 0 Å². The molecule has 2 fully saturated rings. The van der Waals surface area contributed by atoms with Gasteiger partial charge < -0.3 is 10.2 Å². The molecule has 0 radical (unpaired) electrons. The van der Waals surface area contributed by atoms with Crippen LogP contribution in [0.5, 0.6) is 0 Å². The van der Waals surface area contributed by atoms with Crippen molar-refractivity contribution in [3.05, 3.63) is 23.6 Å². The second kappa shape index (κ2) is 4.84. The topological polar surface area (TPSA) is 28.2 Å². The summed E-state index contributed by atoms with van der Waals surface area (Å²) in [6.45, 7) is 0.616. The standard InChI is InChI=1S/C14H20FN3/c1-18(12-3-2-4-12)14-13(15)10(7-8-16-14)9-17-11-5-6-11/h7-8,11-12,17H,2-6,9H2,1H3. The van der Waals surface area contributed by atoms with E-state index in [9.17, 15) is 4.39 Å². The van der Waals surface area contributed by atoms with Crippen LogP contribution in [0.25, 0.3) is 0 Å². The molecule has 1 aromatic heterocycles. The second-order valence-corrected chi connectivity index (χ2v) is 5.46. The zero-order valence-corrected chi connectivity index (χ0v) is 10.8. The third-order valence-electron chi connectivity index (χ3n) is 4.07. The van der Waals surface area contributed by atoms with Gasteiger partial charge in [-0.1, -0.05) is 0 Å². The number of nitrogens with zero attached hydrogens (tertiary/aromatic N) is 2. The van der Waals surface area contributed by atoms with E-state index in [1.54, 1.807) is 12.3 Å². The summed E-state index contributed by atoms with van der Waals surface area (Å²) in [6, 6.07) is 2.85. The van der Waals surface area contributed by atoms with Gasteiger partial charge in [0, 0.05) is 37.4 Å². The molecule has 1 heterocycles. The smallest absolute Gasteiger partial charge is 0.170 e. The van der Waals surface area contributed by atoms with E-state index >= 15 is 0 Å². The largest absolute Gasteiger partial charge is 0.354 e. The third-order valence-corrected chi connectivity index (χ3v) is 4.07. The van der Waals surface area contributed by atoms with E-state index in [1.807, 2.05) is 11.9 Å². The number of anilines is 1. The van der Waals surface area contributed by atoms with E-state index in [-0.39, 0.29) is 5.82 Å². The Morgan fingerprint density at radius 2 is 2.17 bits per heavy atom. The molecular formula is C14H20FN3. The van der Waals surface area contributed by atoms with Crippen molar-refractivity contribution in [3.63, 3.8) is 0 Å². The average Bonchev–Trinajstić information content (AvgIpc) is 3.09. The Morgan fingerprint density at radius 3 is 2.78 bits per heavy atom. The van der Waals surface area contributed by atoms with Crippen molar-refractivity contribution >= 4 is 5.82 Å². The number of hydrogen-bond acceptors (Lipinski definition) is 3. The molecule has 0 saturated heterocycles. The second-order valence-electron chi connectivity index (χ2n) is 5.46. The lowest BCUT2D eigenvalue weighted by Gasteiger charge is -2.35. The number of aromatic nitrogens is 1. The third kappa shape index (κ3) is 2.34. The minimum atomic E-state index is -0.153. The van der Waals surface area contributed by atoms with Gasteiger partial charge in [-0.15, -0.1) is 0 Å². The fourth-order valence-corrected chi connectivity index (χ4v) is 2.34. The molecule has 0 aromatic carbocycles. The van der Waals surface area contributed by atoms with Crippen molar-refractivity contribution in [2.45, 2.75) is 50.7 Å². The van der Waals surface area contributed by atoms with E-state index in [1.165, 1.54) is 19.3 Å². The van der Waals surface area contributed by atoms with Crippen molar-refractivity contribution in [2.75, 3.05) is 11.9 Å². The SMILES string of the molecule is CN(c1nccc(CNC2CC2)c1F)C1CCC1. The quantitative estimate of drug-likeness (QED) is 0.869. The number of halogens is 1. The van der Waals surface area contributed by atoms with Crippen LogP contribution in [0.4, 0.5) is 10.2 Å². The number of rotatable bonds is 5. The minimum Gasteiger partial charge on any atom is -0.354 e. The van der Waals surface area contributed by atoms with E-state index in [0.717, 1.165) is 18.4 Å². The maximum atomic E-state index is 14.4. The zero-order valence-electron chi connectivity index (χ0n) is 10.8. The van der Waals surface area contributed by atoms with E-state index < -0.39 is 0 Å². The van der Waals surface area contributed by atoms with Crippen molar-refractivity contribution in [3.8, 4) is 0 Å². The lowest BCUT2D eigenvalue weighted by Crippen LogP contribution is -2.38. The summed E-state index contributed by atoms with van der Waals surface area (Å²) >= 11 is 0. The van der Waals surface area contributed by atoms with Crippen LogP contribution < -0.4 is 10.2 Å². The lowest BCUT2D eigenvalue weighted by atomic mass is 9.92. The summed E-state index contributed by atoms with van der Waals surface area (Å²) in [6.07, 6.45) is 7.73. The Balaban J connectivity index is 1.73. The van der Waals surface area contributed by atoms with Gasteiger partial charge in [0.15, 0.2) is 11.6 Å². The summed E-state index contributed by atoms with van der Waals surface area (Å²) in [4.78, 5) is 6.21. The molecule has 0 unspecified atom stereocenters. The predicted molar refractivity (Wildman–Crippen MR) is 70.1 cm³/mol. The Morgan fingerprint density at radius 1 is 1.39 bits per heavy atom. The molecule has 2 aliphatic carbocycles. The number of hydrogen-bond donors (Lipinski definition) is 1. The van der Waals surface area contributed by atoms with Crippen LogP contribution in [0, 0.1) is 5.82 Å². The summed E-state index contributed by atoms with van der Waals surface area (Å²) in [5, 5.41) is 3.35. The summed E-state index contributed by atoms with van der Waals surface area (Å²) in [5.41, 5.74) is 0.734. The first-order valence-corrected chi connectivity index (χ1v) is 6.85. The molecule has 3 rings (SSSR count). The van der Waals surface area contributed by atoms with Gasteiger partial charge in [0.25, 0.3) is 0 Å². The molecule has 0 spiro atoms. The van der Waals surface area contributed by atoms with Crippen LogP contribution in [0.1, 0.15) is 37.7 Å². The van der Waals surface area contributed by atoms with E-state index in [4.69, 9.17) is 0 Å². The van der Waals surface area contributed by atoms with Gasteiger partial charge in [-0.2, -0.15) is 0 Å². The first kappa shape index (κ1) is 11.9. The molecule has 2 aliphatic rings. The summed E-state index contributed by atoms with van der Waals surface area (Å²) in [7, 11) is 1.95. The fourth-order valence-electron chi connectivity index (χ4n) is 2.34. The van der Waals surface area contributed by atoms with Crippen molar-refractivity contribution in [1.82, 2.24) is 10.3 Å². The fraction of sp³-hybridized carbons (Fsp3) is 0.643. The van der Waals surface area contributed by atoms with Crippen LogP contribution in [-0.2, 0) is 6.54 Å². The minimum absolute atomic E-state index is 0.153. The van der Waals surface area contributed by atoms with Crippen molar-refractivity contribution < 1.29 is 4.39 Å². The molecule has 98 valence electrons. The van der Waals surface area contributed by atoms with E-state index in [0.29, 0.717) is 24.4 Å². The van der Waals surface area contributed by atoms with Crippen LogP contribution in [0.15, 0.2) is 12.3 Å². The Hall–Kier alpha value is -1.16. The Labute approximate surface area is 107 Å². The maximum Gasteiger partial charge on any atom is 0.170 e. The van der Waals surface area contributed by atoms with Crippen LogP contribution in [0.2, 0.25) is 0 Å². The lowest BCUT2D eigenvalue weighted by molar-refractivity contribution is 0.395.